The zero-order valence-electron chi connectivity index (χ0n) is 12.8. The van der Waals surface area contributed by atoms with Crippen LogP contribution in [0.1, 0.15) is 10.4 Å². The van der Waals surface area contributed by atoms with Gasteiger partial charge in [0.05, 0.1) is 5.56 Å². The van der Waals surface area contributed by atoms with E-state index in [2.05, 4.69) is 0 Å². The third-order valence-corrected chi connectivity index (χ3v) is 4.14. The number of carboxylic acids is 1. The highest BCUT2D eigenvalue weighted by Crippen LogP contribution is 2.43. The van der Waals surface area contributed by atoms with E-state index in [9.17, 15) is 20.0 Å². The number of nitrogens with zero attached hydrogens (tertiary/aromatic N) is 1. The van der Waals surface area contributed by atoms with Gasteiger partial charge in [-0.3, -0.25) is 10.1 Å². The van der Waals surface area contributed by atoms with Crippen LogP contribution in [0.25, 0.3) is 32.9 Å². The molecule has 1 N–H and O–H groups in total. The molecule has 122 valence electrons. The largest absolute Gasteiger partial charge is 0.478 e. The summed E-state index contributed by atoms with van der Waals surface area (Å²) in [5, 5.41) is 22.5. The Balaban J connectivity index is 2.23. The first-order valence-electron chi connectivity index (χ1n) is 7.49. The molecule has 0 bridgehead atoms. The van der Waals surface area contributed by atoms with Crippen molar-refractivity contribution in [3.05, 3.63) is 76.3 Å². The van der Waals surface area contributed by atoms with Crippen molar-refractivity contribution in [3.8, 4) is 11.1 Å². The van der Waals surface area contributed by atoms with E-state index in [1.54, 1.807) is 54.6 Å². The minimum Gasteiger partial charge on any atom is -0.478 e. The van der Waals surface area contributed by atoms with E-state index in [0.29, 0.717) is 27.3 Å². The molecule has 3 aromatic carbocycles. The quantitative estimate of drug-likeness (QED) is 0.427. The van der Waals surface area contributed by atoms with Crippen molar-refractivity contribution in [2.24, 2.45) is 0 Å². The number of nitro groups is 1. The summed E-state index contributed by atoms with van der Waals surface area (Å²) in [5.41, 5.74) is 1.27. The summed E-state index contributed by atoms with van der Waals surface area (Å²) >= 11 is 0. The lowest BCUT2D eigenvalue weighted by Crippen LogP contribution is -1.97. The molecule has 0 saturated heterocycles. The second-order valence-corrected chi connectivity index (χ2v) is 5.56. The fourth-order valence-corrected chi connectivity index (χ4v) is 3.10. The standard InChI is InChI=1S/C19H11NO5/c21-19(22)14-10-15-16(11-6-2-1-3-7-11)18(20(23)24)25-17(15)13-9-5-4-8-12(13)14/h1-10H,(H,21,22). The number of hydrogen-bond donors (Lipinski definition) is 1. The van der Waals surface area contributed by atoms with E-state index in [-0.39, 0.29) is 11.1 Å². The van der Waals surface area contributed by atoms with Gasteiger partial charge >= 0.3 is 11.9 Å². The average molecular weight is 333 g/mol. The highest BCUT2D eigenvalue weighted by molar-refractivity contribution is 6.17. The summed E-state index contributed by atoms with van der Waals surface area (Å²) in [6.07, 6.45) is 0. The molecule has 0 atom stereocenters. The maximum Gasteiger partial charge on any atom is 0.442 e. The van der Waals surface area contributed by atoms with E-state index in [1.165, 1.54) is 6.07 Å². The predicted octanol–water partition coefficient (Wildman–Crippen LogP) is 4.86. The fraction of sp³-hybridized carbons (Fsp3) is 0. The van der Waals surface area contributed by atoms with Crippen molar-refractivity contribution in [2.75, 3.05) is 0 Å². The van der Waals surface area contributed by atoms with Crippen LogP contribution in [0.5, 0.6) is 0 Å². The molecule has 1 aromatic heterocycles. The number of fused-ring (bicyclic) bond motifs is 3. The third kappa shape index (κ3) is 2.23. The number of carboxylic acid groups (broad SMARTS) is 1. The van der Waals surface area contributed by atoms with Gasteiger partial charge in [0.15, 0.2) is 0 Å². The molecule has 6 nitrogen and oxygen atoms in total. The van der Waals surface area contributed by atoms with E-state index in [0.717, 1.165) is 0 Å². The van der Waals surface area contributed by atoms with Crippen LogP contribution in [0.15, 0.2) is 65.1 Å². The van der Waals surface area contributed by atoms with E-state index in [1.807, 2.05) is 0 Å². The van der Waals surface area contributed by atoms with Crippen LogP contribution in [0.3, 0.4) is 0 Å². The van der Waals surface area contributed by atoms with Gasteiger partial charge in [0.1, 0.15) is 16.1 Å². The van der Waals surface area contributed by atoms with E-state index in [4.69, 9.17) is 4.42 Å². The molecule has 0 aliphatic heterocycles. The molecule has 1 heterocycles. The number of benzene rings is 3. The first-order chi connectivity index (χ1) is 12.1. The molecular weight excluding hydrogens is 322 g/mol. The molecule has 25 heavy (non-hydrogen) atoms. The minimum atomic E-state index is -1.10. The van der Waals surface area contributed by atoms with Gasteiger partial charge in [-0.25, -0.2) is 4.79 Å². The monoisotopic (exact) mass is 333 g/mol. The Hall–Kier alpha value is -3.67. The Kier molecular flexibility index (Phi) is 3.25. The van der Waals surface area contributed by atoms with Crippen LogP contribution >= 0.6 is 0 Å². The van der Waals surface area contributed by atoms with Crippen molar-refractivity contribution in [2.45, 2.75) is 0 Å². The molecule has 4 rings (SSSR count). The molecule has 0 saturated carbocycles. The second kappa shape index (κ2) is 5.45. The van der Waals surface area contributed by atoms with Crippen molar-refractivity contribution >= 4 is 33.6 Å². The van der Waals surface area contributed by atoms with Crippen LogP contribution in [0, 0.1) is 10.1 Å². The Morgan fingerprint density at radius 3 is 2.24 bits per heavy atom. The Morgan fingerprint density at radius 2 is 1.60 bits per heavy atom. The lowest BCUT2D eigenvalue weighted by molar-refractivity contribution is -0.400. The fourth-order valence-electron chi connectivity index (χ4n) is 3.10. The predicted molar refractivity (Wildman–Crippen MR) is 92.8 cm³/mol. The number of furan rings is 1. The number of carbonyl (C=O) groups is 1. The van der Waals surface area contributed by atoms with Crippen LogP contribution < -0.4 is 0 Å². The Morgan fingerprint density at radius 1 is 0.960 bits per heavy atom. The molecule has 0 aliphatic carbocycles. The van der Waals surface area contributed by atoms with Gasteiger partial charge in [-0.05, 0) is 17.0 Å². The second-order valence-electron chi connectivity index (χ2n) is 5.56. The lowest BCUT2D eigenvalue weighted by Gasteiger charge is -2.04. The average Bonchev–Trinajstić information content (AvgIpc) is 3.01. The summed E-state index contributed by atoms with van der Waals surface area (Å²) in [4.78, 5) is 22.6. The molecule has 0 spiro atoms. The smallest absolute Gasteiger partial charge is 0.442 e. The molecule has 0 fully saturated rings. The highest BCUT2D eigenvalue weighted by atomic mass is 16.6. The van der Waals surface area contributed by atoms with Gasteiger partial charge in [0, 0.05) is 10.8 Å². The number of aromatic carboxylic acids is 1. The van der Waals surface area contributed by atoms with Crippen molar-refractivity contribution in [1.29, 1.82) is 0 Å². The van der Waals surface area contributed by atoms with Gasteiger partial charge in [-0.15, -0.1) is 0 Å². The summed E-state index contributed by atoms with van der Waals surface area (Å²) in [6.45, 7) is 0. The number of rotatable bonds is 3. The summed E-state index contributed by atoms with van der Waals surface area (Å²) in [5.74, 6) is -1.49. The summed E-state index contributed by atoms with van der Waals surface area (Å²) in [6, 6.07) is 17.0. The van der Waals surface area contributed by atoms with Crippen LogP contribution in [-0.4, -0.2) is 16.0 Å². The van der Waals surface area contributed by atoms with Crippen LogP contribution in [0.2, 0.25) is 0 Å². The molecule has 4 aromatic rings. The van der Waals surface area contributed by atoms with Crippen LogP contribution in [-0.2, 0) is 0 Å². The molecule has 0 aliphatic rings. The third-order valence-electron chi connectivity index (χ3n) is 4.14. The SMILES string of the molecule is O=C(O)c1cc2c(-c3ccccc3)c([N+](=O)[O-])oc2c2ccccc12. The van der Waals surface area contributed by atoms with Crippen molar-refractivity contribution in [1.82, 2.24) is 0 Å². The van der Waals surface area contributed by atoms with Crippen molar-refractivity contribution in [3.63, 3.8) is 0 Å². The molecule has 0 radical (unpaired) electrons. The zero-order valence-corrected chi connectivity index (χ0v) is 12.8. The zero-order chi connectivity index (χ0) is 17.6. The minimum absolute atomic E-state index is 0.0796. The lowest BCUT2D eigenvalue weighted by atomic mass is 9.97. The highest BCUT2D eigenvalue weighted by Gasteiger charge is 2.28. The van der Waals surface area contributed by atoms with E-state index < -0.39 is 16.8 Å². The Labute approximate surface area is 141 Å². The van der Waals surface area contributed by atoms with Gasteiger partial charge < -0.3 is 9.52 Å². The summed E-state index contributed by atoms with van der Waals surface area (Å²) < 4.78 is 5.57. The first kappa shape index (κ1) is 14.9. The van der Waals surface area contributed by atoms with Crippen LogP contribution in [0.4, 0.5) is 5.88 Å². The maximum absolute atomic E-state index is 11.7. The number of hydrogen-bond acceptors (Lipinski definition) is 4. The van der Waals surface area contributed by atoms with Gasteiger partial charge in [-0.2, -0.15) is 0 Å². The van der Waals surface area contributed by atoms with Crippen molar-refractivity contribution < 1.29 is 19.2 Å². The maximum atomic E-state index is 11.7. The molecule has 6 heteroatoms. The normalized spacial score (nSPS) is 11.0. The van der Waals surface area contributed by atoms with Gasteiger partial charge in [0.25, 0.3) is 0 Å². The molecule has 0 unspecified atom stereocenters. The van der Waals surface area contributed by atoms with Gasteiger partial charge in [-0.1, -0.05) is 54.6 Å². The Bertz CT molecular complexity index is 1140. The first-order valence-corrected chi connectivity index (χ1v) is 7.49. The van der Waals surface area contributed by atoms with E-state index >= 15 is 0 Å². The summed E-state index contributed by atoms with van der Waals surface area (Å²) in [7, 11) is 0. The van der Waals surface area contributed by atoms with Gasteiger partial charge in [0.2, 0.25) is 0 Å². The molecule has 0 amide bonds. The molecular formula is C19H11NO5. The topological polar surface area (TPSA) is 93.6 Å².